The summed E-state index contributed by atoms with van der Waals surface area (Å²) in [6.45, 7) is 2.68. The molecule has 0 N–H and O–H groups in total. The molecule has 0 saturated carbocycles. The van der Waals surface area contributed by atoms with E-state index in [1.54, 1.807) is 4.90 Å². The molecule has 0 fully saturated rings. The fraction of sp³-hybridized carbons (Fsp3) is 0.190. The van der Waals surface area contributed by atoms with Crippen molar-refractivity contribution in [2.24, 2.45) is 0 Å². The molecule has 2 heterocycles. The number of hydrogen-bond donors (Lipinski definition) is 0. The Labute approximate surface area is 162 Å². The second-order valence-electron chi connectivity index (χ2n) is 6.54. The van der Waals surface area contributed by atoms with E-state index in [0.29, 0.717) is 12.3 Å². The molecule has 2 aromatic heterocycles. The minimum atomic E-state index is 0.0667. The first-order valence-electron chi connectivity index (χ1n) is 8.77. The quantitative estimate of drug-likeness (QED) is 0.495. The number of benzene rings is 2. The Morgan fingerprint density at radius 1 is 1.07 bits per heavy atom. The van der Waals surface area contributed by atoms with Crippen LogP contribution >= 0.6 is 11.8 Å². The Bertz CT molecular complexity index is 1110. The molecular formula is C21H20N4OS. The third-order valence-corrected chi connectivity index (χ3v) is 5.50. The van der Waals surface area contributed by atoms with Gasteiger partial charge in [0.1, 0.15) is 0 Å². The second kappa shape index (κ2) is 7.40. The van der Waals surface area contributed by atoms with Gasteiger partial charge in [-0.05, 0) is 30.2 Å². The maximum absolute atomic E-state index is 12.5. The molecular weight excluding hydrogens is 356 g/mol. The number of rotatable bonds is 5. The lowest BCUT2D eigenvalue weighted by Crippen LogP contribution is -2.27. The number of pyridine rings is 1. The summed E-state index contributed by atoms with van der Waals surface area (Å²) in [6, 6.07) is 20.2. The van der Waals surface area contributed by atoms with Crippen molar-refractivity contribution in [1.29, 1.82) is 0 Å². The maximum Gasteiger partial charge on any atom is 0.233 e. The van der Waals surface area contributed by atoms with E-state index in [0.717, 1.165) is 21.9 Å². The normalized spacial score (nSPS) is 11.2. The molecule has 0 spiro atoms. The van der Waals surface area contributed by atoms with Crippen molar-refractivity contribution in [2.45, 2.75) is 18.6 Å². The van der Waals surface area contributed by atoms with Crippen LogP contribution in [-0.2, 0) is 11.3 Å². The summed E-state index contributed by atoms with van der Waals surface area (Å²) in [7, 11) is 1.83. The molecule has 0 aliphatic carbocycles. The van der Waals surface area contributed by atoms with Gasteiger partial charge in [0.2, 0.25) is 5.91 Å². The lowest BCUT2D eigenvalue weighted by molar-refractivity contribution is -0.127. The van der Waals surface area contributed by atoms with Crippen LogP contribution in [0.3, 0.4) is 0 Å². The SMILES string of the molecule is Cc1cc2nnc(SCC(=O)N(C)Cc3ccccc3)n2c2ccccc12. The third-order valence-electron chi connectivity index (χ3n) is 4.59. The summed E-state index contributed by atoms with van der Waals surface area (Å²) in [5.41, 5.74) is 4.15. The van der Waals surface area contributed by atoms with Gasteiger partial charge >= 0.3 is 0 Å². The van der Waals surface area contributed by atoms with E-state index in [1.807, 2.05) is 60.0 Å². The van der Waals surface area contributed by atoms with Crippen molar-refractivity contribution < 1.29 is 4.79 Å². The molecule has 4 aromatic rings. The highest BCUT2D eigenvalue weighted by molar-refractivity contribution is 7.99. The van der Waals surface area contributed by atoms with Gasteiger partial charge in [0.05, 0.1) is 11.3 Å². The number of nitrogens with zero attached hydrogens (tertiary/aromatic N) is 4. The topological polar surface area (TPSA) is 50.5 Å². The number of hydrogen-bond acceptors (Lipinski definition) is 4. The zero-order valence-electron chi connectivity index (χ0n) is 15.3. The Balaban J connectivity index is 1.54. The third kappa shape index (κ3) is 3.53. The summed E-state index contributed by atoms with van der Waals surface area (Å²) in [4.78, 5) is 14.3. The first kappa shape index (κ1) is 17.5. The highest BCUT2D eigenvalue weighted by atomic mass is 32.2. The molecule has 0 aliphatic rings. The van der Waals surface area contributed by atoms with Crippen LogP contribution in [0.25, 0.3) is 16.6 Å². The van der Waals surface area contributed by atoms with E-state index >= 15 is 0 Å². The van der Waals surface area contributed by atoms with Gasteiger partial charge in [0.25, 0.3) is 0 Å². The van der Waals surface area contributed by atoms with E-state index < -0.39 is 0 Å². The highest BCUT2D eigenvalue weighted by Crippen LogP contribution is 2.25. The molecule has 6 heteroatoms. The Morgan fingerprint density at radius 2 is 1.81 bits per heavy atom. The zero-order chi connectivity index (χ0) is 18.8. The largest absolute Gasteiger partial charge is 0.341 e. The molecule has 0 aliphatic heterocycles. The predicted octanol–water partition coefficient (Wildman–Crippen LogP) is 3.94. The minimum absolute atomic E-state index is 0.0667. The number of para-hydroxylation sites is 1. The van der Waals surface area contributed by atoms with Gasteiger partial charge in [0.15, 0.2) is 10.8 Å². The smallest absolute Gasteiger partial charge is 0.233 e. The van der Waals surface area contributed by atoms with Crippen molar-refractivity contribution in [1.82, 2.24) is 19.5 Å². The number of carbonyl (C=O) groups is 1. The van der Waals surface area contributed by atoms with E-state index in [1.165, 1.54) is 22.7 Å². The Morgan fingerprint density at radius 3 is 2.63 bits per heavy atom. The maximum atomic E-state index is 12.5. The Hall–Kier alpha value is -2.86. The number of carbonyl (C=O) groups excluding carboxylic acids is 1. The highest BCUT2D eigenvalue weighted by Gasteiger charge is 2.15. The summed E-state index contributed by atoms with van der Waals surface area (Å²) >= 11 is 1.42. The fourth-order valence-electron chi connectivity index (χ4n) is 3.15. The standard InChI is InChI=1S/C21H20N4OS/c1-15-12-19-22-23-21(25(19)18-11-7-6-10-17(15)18)27-14-20(26)24(2)13-16-8-4-3-5-9-16/h3-12H,13-14H2,1-2H3. The van der Waals surface area contributed by atoms with E-state index in [-0.39, 0.29) is 5.91 Å². The zero-order valence-corrected chi connectivity index (χ0v) is 16.1. The van der Waals surface area contributed by atoms with Crippen LogP contribution in [0.5, 0.6) is 0 Å². The van der Waals surface area contributed by atoms with Crippen molar-refractivity contribution in [2.75, 3.05) is 12.8 Å². The van der Waals surface area contributed by atoms with Crippen LogP contribution in [-0.4, -0.2) is 38.2 Å². The number of aromatic nitrogens is 3. The number of amides is 1. The van der Waals surface area contributed by atoms with E-state index in [2.05, 4.69) is 29.3 Å². The summed E-state index contributed by atoms with van der Waals surface area (Å²) in [6.07, 6.45) is 0. The fourth-order valence-corrected chi connectivity index (χ4v) is 4.04. The van der Waals surface area contributed by atoms with Crippen LogP contribution in [0.2, 0.25) is 0 Å². The molecule has 4 rings (SSSR count). The monoisotopic (exact) mass is 376 g/mol. The van der Waals surface area contributed by atoms with Crippen LogP contribution in [0.4, 0.5) is 0 Å². The average Bonchev–Trinajstić information content (AvgIpc) is 3.10. The van der Waals surface area contributed by atoms with Gasteiger partial charge in [-0.1, -0.05) is 60.3 Å². The minimum Gasteiger partial charge on any atom is -0.341 e. The van der Waals surface area contributed by atoms with Gasteiger partial charge in [-0.15, -0.1) is 10.2 Å². The molecule has 2 aromatic carbocycles. The number of aryl methyl sites for hydroxylation is 1. The average molecular weight is 376 g/mol. The molecule has 0 atom stereocenters. The number of thioether (sulfide) groups is 1. The second-order valence-corrected chi connectivity index (χ2v) is 7.49. The molecule has 0 unspecified atom stereocenters. The van der Waals surface area contributed by atoms with Crippen LogP contribution in [0.15, 0.2) is 65.8 Å². The Kier molecular flexibility index (Phi) is 4.81. The van der Waals surface area contributed by atoms with Gasteiger partial charge in [-0.2, -0.15) is 0 Å². The molecule has 136 valence electrons. The van der Waals surface area contributed by atoms with Crippen molar-refractivity contribution in [3.63, 3.8) is 0 Å². The van der Waals surface area contributed by atoms with Crippen molar-refractivity contribution in [3.05, 3.63) is 71.8 Å². The molecule has 1 amide bonds. The first-order valence-corrected chi connectivity index (χ1v) is 9.76. The van der Waals surface area contributed by atoms with Crippen LogP contribution < -0.4 is 0 Å². The van der Waals surface area contributed by atoms with Crippen molar-refractivity contribution >= 4 is 34.2 Å². The molecule has 0 saturated heterocycles. The first-order chi connectivity index (χ1) is 13.1. The summed E-state index contributed by atoms with van der Waals surface area (Å²) < 4.78 is 2.03. The number of fused-ring (bicyclic) bond motifs is 3. The van der Waals surface area contributed by atoms with Gasteiger partial charge in [-0.3, -0.25) is 9.20 Å². The van der Waals surface area contributed by atoms with E-state index in [9.17, 15) is 4.79 Å². The van der Waals surface area contributed by atoms with Gasteiger partial charge < -0.3 is 4.90 Å². The molecule has 0 bridgehead atoms. The van der Waals surface area contributed by atoms with Crippen LogP contribution in [0, 0.1) is 6.92 Å². The molecule has 0 radical (unpaired) electrons. The van der Waals surface area contributed by atoms with Crippen molar-refractivity contribution in [3.8, 4) is 0 Å². The van der Waals surface area contributed by atoms with Crippen LogP contribution in [0.1, 0.15) is 11.1 Å². The molecule has 5 nitrogen and oxygen atoms in total. The lowest BCUT2D eigenvalue weighted by Gasteiger charge is -2.16. The van der Waals surface area contributed by atoms with Gasteiger partial charge in [0, 0.05) is 19.0 Å². The summed E-state index contributed by atoms with van der Waals surface area (Å²) in [5, 5.41) is 10.5. The predicted molar refractivity (Wildman–Crippen MR) is 109 cm³/mol. The lowest BCUT2D eigenvalue weighted by atomic mass is 10.1. The molecule has 27 heavy (non-hydrogen) atoms. The van der Waals surface area contributed by atoms with E-state index in [4.69, 9.17) is 0 Å². The summed E-state index contributed by atoms with van der Waals surface area (Å²) in [5.74, 6) is 0.392. The van der Waals surface area contributed by atoms with Gasteiger partial charge in [-0.25, -0.2) is 0 Å².